The molecule has 0 amide bonds. The van der Waals surface area contributed by atoms with E-state index in [1.807, 2.05) is 0 Å². The first-order chi connectivity index (χ1) is 7.79. The SMILES string of the molecule is CCCC(CCC)(CCC)C1CNCCO1.Cl. The topological polar surface area (TPSA) is 21.3 Å². The summed E-state index contributed by atoms with van der Waals surface area (Å²) in [6.45, 7) is 9.88. The van der Waals surface area contributed by atoms with Gasteiger partial charge in [-0.1, -0.05) is 40.0 Å². The largest absolute Gasteiger partial charge is 0.375 e. The average Bonchev–Trinajstić information content (AvgIpc) is 2.31. The van der Waals surface area contributed by atoms with Crippen LogP contribution in [0.5, 0.6) is 0 Å². The first-order valence-corrected chi connectivity index (χ1v) is 7.11. The molecule has 104 valence electrons. The van der Waals surface area contributed by atoms with Crippen LogP contribution in [0.25, 0.3) is 0 Å². The monoisotopic (exact) mass is 263 g/mol. The van der Waals surface area contributed by atoms with Gasteiger partial charge in [0.05, 0.1) is 12.7 Å². The number of halogens is 1. The van der Waals surface area contributed by atoms with Gasteiger partial charge in [-0.15, -0.1) is 12.4 Å². The molecule has 1 aliphatic heterocycles. The highest BCUT2D eigenvalue weighted by molar-refractivity contribution is 5.85. The van der Waals surface area contributed by atoms with E-state index in [0.717, 1.165) is 19.7 Å². The van der Waals surface area contributed by atoms with E-state index in [1.54, 1.807) is 0 Å². The summed E-state index contributed by atoms with van der Waals surface area (Å²) in [6.07, 6.45) is 8.24. The normalized spacial score (nSPS) is 21.0. The molecule has 1 unspecified atom stereocenters. The van der Waals surface area contributed by atoms with Crippen molar-refractivity contribution in [2.75, 3.05) is 19.7 Å². The van der Waals surface area contributed by atoms with Crippen molar-refractivity contribution in [3.8, 4) is 0 Å². The van der Waals surface area contributed by atoms with Gasteiger partial charge in [0.25, 0.3) is 0 Å². The lowest BCUT2D eigenvalue weighted by molar-refractivity contribution is -0.0713. The Balaban J connectivity index is 0.00000256. The van der Waals surface area contributed by atoms with Gasteiger partial charge < -0.3 is 10.1 Å². The molecule has 0 aromatic heterocycles. The second-order valence-electron chi connectivity index (χ2n) is 5.18. The van der Waals surface area contributed by atoms with E-state index in [0.29, 0.717) is 11.5 Å². The fraction of sp³-hybridized carbons (Fsp3) is 1.00. The van der Waals surface area contributed by atoms with E-state index >= 15 is 0 Å². The predicted molar refractivity (Wildman–Crippen MR) is 77.0 cm³/mol. The molecule has 1 saturated heterocycles. The maximum atomic E-state index is 6.04. The van der Waals surface area contributed by atoms with Gasteiger partial charge in [0.15, 0.2) is 0 Å². The molecule has 0 bridgehead atoms. The zero-order valence-corrected chi connectivity index (χ0v) is 12.6. The Hall–Kier alpha value is 0.210. The van der Waals surface area contributed by atoms with Crippen LogP contribution in [-0.4, -0.2) is 25.8 Å². The molecule has 0 aliphatic carbocycles. The Morgan fingerprint density at radius 2 is 1.59 bits per heavy atom. The lowest BCUT2D eigenvalue weighted by Crippen LogP contribution is -2.49. The minimum atomic E-state index is 0. The standard InChI is InChI=1S/C14H29NO.ClH/c1-4-7-14(8-5-2,9-6-3)13-12-15-10-11-16-13;/h13,15H,4-12H2,1-3H3;1H. The number of rotatable bonds is 7. The maximum Gasteiger partial charge on any atom is 0.0756 e. The van der Waals surface area contributed by atoms with Crippen LogP contribution >= 0.6 is 12.4 Å². The van der Waals surface area contributed by atoms with Gasteiger partial charge in [0, 0.05) is 13.1 Å². The van der Waals surface area contributed by atoms with Crippen molar-refractivity contribution in [1.82, 2.24) is 5.32 Å². The quantitative estimate of drug-likeness (QED) is 0.755. The summed E-state index contributed by atoms with van der Waals surface area (Å²) in [4.78, 5) is 0. The third kappa shape index (κ3) is 4.76. The first-order valence-electron chi connectivity index (χ1n) is 7.11. The Kier molecular flexibility index (Phi) is 9.29. The lowest BCUT2D eigenvalue weighted by atomic mass is 9.71. The Bertz CT molecular complexity index is 164. The van der Waals surface area contributed by atoms with Gasteiger partial charge in [-0.2, -0.15) is 0 Å². The van der Waals surface area contributed by atoms with Gasteiger partial charge >= 0.3 is 0 Å². The molecule has 1 atom stereocenters. The highest BCUT2D eigenvalue weighted by Crippen LogP contribution is 2.40. The molecule has 1 N–H and O–H groups in total. The van der Waals surface area contributed by atoms with E-state index in [1.165, 1.54) is 38.5 Å². The van der Waals surface area contributed by atoms with E-state index in [4.69, 9.17) is 4.74 Å². The van der Waals surface area contributed by atoms with Crippen LogP contribution in [0.15, 0.2) is 0 Å². The fourth-order valence-electron chi connectivity index (χ4n) is 3.31. The van der Waals surface area contributed by atoms with Crippen molar-refractivity contribution < 1.29 is 4.74 Å². The summed E-state index contributed by atoms with van der Waals surface area (Å²) in [5, 5.41) is 3.49. The van der Waals surface area contributed by atoms with Crippen LogP contribution in [0.1, 0.15) is 59.3 Å². The molecular formula is C14H30ClNO. The third-order valence-electron chi connectivity index (χ3n) is 3.85. The summed E-state index contributed by atoms with van der Waals surface area (Å²) in [5.74, 6) is 0. The Labute approximate surface area is 113 Å². The van der Waals surface area contributed by atoms with Crippen molar-refractivity contribution in [2.45, 2.75) is 65.4 Å². The Morgan fingerprint density at radius 1 is 1.06 bits per heavy atom. The molecular weight excluding hydrogens is 234 g/mol. The van der Waals surface area contributed by atoms with Gasteiger partial charge in [0.1, 0.15) is 0 Å². The summed E-state index contributed by atoms with van der Waals surface area (Å²) < 4.78 is 6.04. The summed E-state index contributed by atoms with van der Waals surface area (Å²) in [7, 11) is 0. The molecule has 0 spiro atoms. The minimum Gasteiger partial charge on any atom is -0.375 e. The minimum absolute atomic E-state index is 0. The van der Waals surface area contributed by atoms with Crippen LogP contribution in [0.4, 0.5) is 0 Å². The maximum absolute atomic E-state index is 6.04. The molecule has 1 rings (SSSR count). The van der Waals surface area contributed by atoms with Crippen molar-refractivity contribution in [1.29, 1.82) is 0 Å². The fourth-order valence-corrected chi connectivity index (χ4v) is 3.31. The average molecular weight is 264 g/mol. The van der Waals surface area contributed by atoms with Crippen LogP contribution < -0.4 is 5.32 Å². The van der Waals surface area contributed by atoms with Crippen molar-refractivity contribution in [3.63, 3.8) is 0 Å². The smallest absolute Gasteiger partial charge is 0.0756 e. The highest BCUT2D eigenvalue weighted by Gasteiger charge is 2.37. The first kappa shape index (κ1) is 17.2. The molecule has 0 aromatic rings. The van der Waals surface area contributed by atoms with Crippen LogP contribution in [0.2, 0.25) is 0 Å². The Morgan fingerprint density at radius 3 is 1.94 bits per heavy atom. The highest BCUT2D eigenvalue weighted by atomic mass is 35.5. The van der Waals surface area contributed by atoms with E-state index < -0.39 is 0 Å². The van der Waals surface area contributed by atoms with Crippen molar-refractivity contribution in [2.24, 2.45) is 5.41 Å². The molecule has 0 aromatic carbocycles. The van der Waals surface area contributed by atoms with Crippen molar-refractivity contribution >= 4 is 12.4 Å². The number of hydrogen-bond donors (Lipinski definition) is 1. The summed E-state index contributed by atoms with van der Waals surface area (Å²) >= 11 is 0. The van der Waals surface area contributed by atoms with E-state index in [-0.39, 0.29) is 12.4 Å². The van der Waals surface area contributed by atoms with Crippen LogP contribution in [0.3, 0.4) is 0 Å². The summed E-state index contributed by atoms with van der Waals surface area (Å²) in [6, 6.07) is 0. The number of nitrogens with one attached hydrogen (secondary N) is 1. The van der Waals surface area contributed by atoms with Gasteiger partial charge in [-0.05, 0) is 24.7 Å². The van der Waals surface area contributed by atoms with E-state index in [9.17, 15) is 0 Å². The molecule has 0 radical (unpaired) electrons. The summed E-state index contributed by atoms with van der Waals surface area (Å²) in [5.41, 5.74) is 0.436. The van der Waals surface area contributed by atoms with Gasteiger partial charge in [-0.3, -0.25) is 0 Å². The molecule has 17 heavy (non-hydrogen) atoms. The van der Waals surface area contributed by atoms with Crippen molar-refractivity contribution in [3.05, 3.63) is 0 Å². The second kappa shape index (κ2) is 9.18. The van der Waals surface area contributed by atoms with E-state index in [2.05, 4.69) is 26.1 Å². The molecule has 0 saturated carbocycles. The van der Waals surface area contributed by atoms with Crippen LogP contribution in [-0.2, 0) is 4.74 Å². The van der Waals surface area contributed by atoms with Gasteiger partial charge in [-0.25, -0.2) is 0 Å². The number of hydrogen-bond acceptors (Lipinski definition) is 2. The molecule has 2 nitrogen and oxygen atoms in total. The number of ether oxygens (including phenoxy) is 1. The predicted octanol–water partition coefficient (Wildman–Crippen LogP) is 3.78. The molecule has 1 heterocycles. The zero-order chi connectivity index (χ0) is 11.9. The lowest BCUT2D eigenvalue weighted by Gasteiger charge is -2.43. The van der Waals surface area contributed by atoms with Crippen LogP contribution in [0, 0.1) is 5.41 Å². The number of morpholine rings is 1. The van der Waals surface area contributed by atoms with Gasteiger partial charge in [0.2, 0.25) is 0 Å². The molecule has 3 heteroatoms. The second-order valence-corrected chi connectivity index (χ2v) is 5.18. The third-order valence-corrected chi connectivity index (χ3v) is 3.85. The molecule has 1 fully saturated rings. The zero-order valence-electron chi connectivity index (χ0n) is 11.8. The molecule has 1 aliphatic rings.